The van der Waals surface area contributed by atoms with E-state index in [0.29, 0.717) is 0 Å². The van der Waals surface area contributed by atoms with E-state index in [1.165, 1.54) is 0 Å². The Labute approximate surface area is 71.3 Å². The Morgan fingerprint density at radius 3 is 1.67 bits per heavy atom. The van der Waals surface area contributed by atoms with Crippen LogP contribution in [-0.2, 0) is 14.1 Å². The van der Waals surface area contributed by atoms with Crippen molar-refractivity contribution in [1.82, 2.24) is 9.13 Å². The molecule has 0 aliphatic rings. The SMILES string of the molecule is C=Cc1c(C=C)n(C)c(=O)n1C. The van der Waals surface area contributed by atoms with Crippen LogP contribution in [-0.4, -0.2) is 9.13 Å². The van der Waals surface area contributed by atoms with Gasteiger partial charge in [0, 0.05) is 14.1 Å². The smallest absolute Gasteiger partial charge is 0.295 e. The zero-order valence-corrected chi connectivity index (χ0v) is 7.37. The van der Waals surface area contributed by atoms with E-state index < -0.39 is 0 Å². The van der Waals surface area contributed by atoms with Gasteiger partial charge < -0.3 is 0 Å². The third kappa shape index (κ3) is 0.942. The molecule has 1 aromatic rings. The van der Waals surface area contributed by atoms with Crippen LogP contribution in [0.2, 0.25) is 0 Å². The van der Waals surface area contributed by atoms with Gasteiger partial charge in [0.05, 0.1) is 11.4 Å². The van der Waals surface area contributed by atoms with Crippen LogP contribution in [0.5, 0.6) is 0 Å². The molecule has 0 spiro atoms. The number of nitrogens with zero attached hydrogens (tertiary/aromatic N) is 2. The number of imidazole rings is 1. The fraction of sp³-hybridized carbons (Fsp3) is 0.222. The van der Waals surface area contributed by atoms with Gasteiger partial charge in [-0.3, -0.25) is 9.13 Å². The van der Waals surface area contributed by atoms with E-state index in [1.807, 2.05) is 0 Å². The van der Waals surface area contributed by atoms with E-state index in [2.05, 4.69) is 13.2 Å². The highest BCUT2D eigenvalue weighted by Gasteiger charge is 2.08. The summed E-state index contributed by atoms with van der Waals surface area (Å²) in [5.74, 6) is 0. The van der Waals surface area contributed by atoms with E-state index >= 15 is 0 Å². The molecule has 0 aliphatic carbocycles. The molecule has 0 amide bonds. The highest BCUT2D eigenvalue weighted by atomic mass is 16.1. The molecule has 12 heavy (non-hydrogen) atoms. The van der Waals surface area contributed by atoms with Crippen molar-refractivity contribution in [3.63, 3.8) is 0 Å². The normalized spacial score (nSPS) is 9.83. The topological polar surface area (TPSA) is 26.9 Å². The molecule has 0 aromatic carbocycles. The van der Waals surface area contributed by atoms with Crippen molar-refractivity contribution >= 4 is 12.2 Å². The summed E-state index contributed by atoms with van der Waals surface area (Å²) in [4.78, 5) is 11.4. The number of aromatic nitrogens is 2. The van der Waals surface area contributed by atoms with E-state index in [4.69, 9.17) is 0 Å². The molecule has 0 atom stereocenters. The van der Waals surface area contributed by atoms with Gasteiger partial charge in [-0.2, -0.15) is 0 Å². The number of hydrogen-bond donors (Lipinski definition) is 0. The lowest BCUT2D eigenvalue weighted by Crippen LogP contribution is -2.20. The maximum absolute atomic E-state index is 11.4. The van der Waals surface area contributed by atoms with Crippen LogP contribution in [0.4, 0.5) is 0 Å². The van der Waals surface area contributed by atoms with Gasteiger partial charge in [-0.15, -0.1) is 0 Å². The summed E-state index contributed by atoms with van der Waals surface area (Å²) in [6.45, 7) is 7.27. The van der Waals surface area contributed by atoms with Crippen LogP contribution in [0.25, 0.3) is 12.2 Å². The van der Waals surface area contributed by atoms with Gasteiger partial charge >= 0.3 is 5.69 Å². The molecule has 3 heteroatoms. The maximum atomic E-state index is 11.4. The Kier molecular flexibility index (Phi) is 2.04. The van der Waals surface area contributed by atoms with Gasteiger partial charge in [0.1, 0.15) is 0 Å². The number of hydrogen-bond acceptors (Lipinski definition) is 1. The van der Waals surface area contributed by atoms with Crippen molar-refractivity contribution in [2.45, 2.75) is 0 Å². The molecule has 0 unspecified atom stereocenters. The van der Waals surface area contributed by atoms with E-state index in [9.17, 15) is 4.79 Å². The lowest BCUT2D eigenvalue weighted by atomic mass is 10.3. The summed E-state index contributed by atoms with van der Waals surface area (Å²) in [7, 11) is 3.43. The molecule has 1 aromatic heterocycles. The molecule has 3 nitrogen and oxygen atoms in total. The molecule has 64 valence electrons. The zero-order chi connectivity index (χ0) is 9.30. The van der Waals surface area contributed by atoms with Gasteiger partial charge in [-0.05, 0) is 12.2 Å². The summed E-state index contributed by atoms with van der Waals surface area (Å²) in [5.41, 5.74) is 1.55. The molecule has 1 heterocycles. The fourth-order valence-electron chi connectivity index (χ4n) is 1.26. The third-order valence-corrected chi connectivity index (χ3v) is 1.95. The molecular formula is C9H12N2O. The second-order valence-electron chi connectivity index (χ2n) is 2.58. The van der Waals surface area contributed by atoms with Gasteiger partial charge in [0.15, 0.2) is 0 Å². The highest BCUT2D eigenvalue weighted by Crippen LogP contribution is 2.07. The quantitative estimate of drug-likeness (QED) is 0.640. The first kappa shape index (κ1) is 8.59. The molecule has 0 saturated carbocycles. The van der Waals surface area contributed by atoms with Crippen LogP contribution in [0.1, 0.15) is 11.4 Å². The lowest BCUT2D eigenvalue weighted by molar-refractivity contribution is 0.770. The maximum Gasteiger partial charge on any atom is 0.328 e. The molecule has 0 fully saturated rings. The van der Waals surface area contributed by atoms with Crippen molar-refractivity contribution in [2.75, 3.05) is 0 Å². The Morgan fingerprint density at radius 2 is 1.42 bits per heavy atom. The molecule has 1 rings (SSSR count). The Balaban J connectivity index is 3.66. The van der Waals surface area contributed by atoms with Crippen LogP contribution in [0, 0.1) is 0 Å². The summed E-state index contributed by atoms with van der Waals surface area (Å²) in [5, 5.41) is 0. The van der Waals surface area contributed by atoms with Crippen LogP contribution < -0.4 is 5.69 Å². The molecule has 0 saturated heterocycles. The molecular weight excluding hydrogens is 152 g/mol. The van der Waals surface area contributed by atoms with Gasteiger partial charge in [0.2, 0.25) is 0 Å². The first-order valence-electron chi connectivity index (χ1n) is 3.64. The number of rotatable bonds is 2. The first-order chi connectivity index (χ1) is 5.63. The minimum atomic E-state index is -0.0557. The van der Waals surface area contributed by atoms with Gasteiger partial charge in [-0.1, -0.05) is 13.2 Å². The Morgan fingerprint density at radius 1 is 1.08 bits per heavy atom. The Hall–Kier alpha value is -1.51. The van der Waals surface area contributed by atoms with Crippen molar-refractivity contribution in [3.8, 4) is 0 Å². The van der Waals surface area contributed by atoms with Crippen LogP contribution >= 0.6 is 0 Å². The van der Waals surface area contributed by atoms with E-state index in [-0.39, 0.29) is 5.69 Å². The van der Waals surface area contributed by atoms with Crippen LogP contribution in [0.15, 0.2) is 18.0 Å². The predicted molar refractivity (Wildman–Crippen MR) is 50.8 cm³/mol. The second-order valence-corrected chi connectivity index (χ2v) is 2.58. The summed E-state index contributed by atoms with van der Waals surface area (Å²) in [6, 6.07) is 0. The van der Waals surface area contributed by atoms with Crippen molar-refractivity contribution in [3.05, 3.63) is 35.0 Å². The standard InChI is InChI=1S/C9H12N2O/c1-5-7-8(6-2)11(4)9(12)10(7)3/h5-6H,1-2H2,3-4H3. The summed E-state index contributed by atoms with van der Waals surface area (Å²) < 4.78 is 3.09. The van der Waals surface area contributed by atoms with Crippen molar-refractivity contribution in [2.24, 2.45) is 14.1 Å². The fourth-order valence-corrected chi connectivity index (χ4v) is 1.26. The largest absolute Gasteiger partial charge is 0.328 e. The molecule has 0 bridgehead atoms. The third-order valence-electron chi connectivity index (χ3n) is 1.95. The van der Waals surface area contributed by atoms with Gasteiger partial charge in [-0.25, -0.2) is 4.79 Å². The van der Waals surface area contributed by atoms with E-state index in [1.54, 1.807) is 35.4 Å². The monoisotopic (exact) mass is 164 g/mol. The van der Waals surface area contributed by atoms with Gasteiger partial charge in [0.25, 0.3) is 0 Å². The molecule has 0 aliphatic heterocycles. The lowest BCUT2D eigenvalue weighted by Gasteiger charge is -1.94. The van der Waals surface area contributed by atoms with Crippen molar-refractivity contribution in [1.29, 1.82) is 0 Å². The average Bonchev–Trinajstić information content (AvgIpc) is 2.29. The molecule has 0 radical (unpaired) electrons. The van der Waals surface area contributed by atoms with Crippen LogP contribution in [0.3, 0.4) is 0 Å². The first-order valence-corrected chi connectivity index (χ1v) is 3.64. The Bertz CT molecular complexity index is 347. The minimum Gasteiger partial charge on any atom is -0.295 e. The molecule has 0 N–H and O–H groups in total. The zero-order valence-electron chi connectivity index (χ0n) is 7.37. The predicted octanol–water partition coefficient (Wildman–Crippen LogP) is 1.01. The highest BCUT2D eigenvalue weighted by molar-refractivity contribution is 5.58. The summed E-state index contributed by atoms with van der Waals surface area (Å²) in [6.07, 6.45) is 3.30. The minimum absolute atomic E-state index is 0.0557. The van der Waals surface area contributed by atoms with Crippen molar-refractivity contribution < 1.29 is 0 Å². The summed E-state index contributed by atoms with van der Waals surface area (Å²) >= 11 is 0. The van der Waals surface area contributed by atoms with E-state index in [0.717, 1.165) is 11.4 Å². The second kappa shape index (κ2) is 2.85. The average molecular weight is 164 g/mol.